The number of carbonyl (C=O) groups is 1. The van der Waals surface area contributed by atoms with Crippen LogP contribution in [0.3, 0.4) is 0 Å². The largest absolute Gasteiger partial charge is 0.369 e. The molecular formula is C17H24N4O2S. The molecule has 2 aromatic rings. The molecule has 3 heterocycles. The molecule has 0 N–H and O–H groups in total. The van der Waals surface area contributed by atoms with Crippen LogP contribution < -0.4 is 0 Å². The van der Waals surface area contributed by atoms with Crippen molar-refractivity contribution in [1.82, 2.24) is 19.4 Å². The van der Waals surface area contributed by atoms with Crippen molar-refractivity contribution in [1.29, 1.82) is 0 Å². The van der Waals surface area contributed by atoms with Crippen molar-refractivity contribution < 1.29 is 9.53 Å². The molecule has 7 heteroatoms. The molecule has 0 fully saturated rings. The number of likely N-dealkylation sites (N-methyl/N-ethyl adjacent to an activating group) is 1. The number of amides is 1. The third-order valence-corrected chi connectivity index (χ3v) is 5.28. The maximum absolute atomic E-state index is 11.7. The summed E-state index contributed by atoms with van der Waals surface area (Å²) < 4.78 is 7.96. The topological polar surface area (TPSA) is 50.6 Å². The van der Waals surface area contributed by atoms with E-state index < -0.39 is 0 Å². The first-order valence-corrected chi connectivity index (χ1v) is 8.97. The number of aryl methyl sites for hydroxylation is 1. The molecule has 1 amide bonds. The Hall–Kier alpha value is -1.70. The van der Waals surface area contributed by atoms with E-state index in [0.29, 0.717) is 6.61 Å². The van der Waals surface area contributed by atoms with Crippen molar-refractivity contribution in [2.75, 3.05) is 33.9 Å². The van der Waals surface area contributed by atoms with Gasteiger partial charge in [0.05, 0.1) is 23.9 Å². The number of hydrogen-bond acceptors (Lipinski definition) is 5. The van der Waals surface area contributed by atoms with Crippen LogP contribution in [0.5, 0.6) is 0 Å². The second-order valence-corrected chi connectivity index (χ2v) is 7.33. The molecule has 6 nitrogen and oxygen atoms in total. The van der Waals surface area contributed by atoms with Gasteiger partial charge in [0.2, 0.25) is 5.91 Å². The van der Waals surface area contributed by atoms with Crippen molar-refractivity contribution in [3.05, 3.63) is 40.1 Å². The minimum atomic E-state index is -0.00400. The van der Waals surface area contributed by atoms with E-state index in [9.17, 15) is 4.79 Å². The third kappa shape index (κ3) is 3.85. The highest BCUT2D eigenvalue weighted by molar-refractivity contribution is 7.09. The Labute approximate surface area is 146 Å². The molecule has 3 rings (SSSR count). The quantitative estimate of drug-likeness (QED) is 0.800. The molecular weight excluding hydrogens is 324 g/mol. The molecule has 1 aliphatic rings. The third-order valence-electron chi connectivity index (χ3n) is 4.36. The Kier molecular flexibility index (Phi) is 5.33. The van der Waals surface area contributed by atoms with E-state index in [4.69, 9.17) is 4.74 Å². The van der Waals surface area contributed by atoms with Crippen LogP contribution in [0.1, 0.15) is 22.3 Å². The number of fused-ring (bicyclic) bond motifs is 1. The number of rotatable bonds is 6. The summed E-state index contributed by atoms with van der Waals surface area (Å²) in [6, 6.07) is 4.46. The summed E-state index contributed by atoms with van der Waals surface area (Å²) in [6.45, 7) is 5.49. The van der Waals surface area contributed by atoms with E-state index in [0.717, 1.165) is 25.3 Å². The summed E-state index contributed by atoms with van der Waals surface area (Å²) in [5, 5.41) is 0. The fraction of sp³-hybridized carbons (Fsp3) is 0.529. The fourth-order valence-electron chi connectivity index (χ4n) is 2.94. The van der Waals surface area contributed by atoms with Gasteiger partial charge in [0.25, 0.3) is 0 Å². The molecule has 1 atom stereocenters. The van der Waals surface area contributed by atoms with Crippen molar-refractivity contribution in [2.45, 2.75) is 26.1 Å². The van der Waals surface area contributed by atoms with Gasteiger partial charge in [-0.3, -0.25) is 9.69 Å². The lowest BCUT2D eigenvalue weighted by molar-refractivity contribution is -0.134. The summed E-state index contributed by atoms with van der Waals surface area (Å²) in [7, 11) is 3.49. The Morgan fingerprint density at radius 2 is 2.33 bits per heavy atom. The van der Waals surface area contributed by atoms with Crippen LogP contribution in [0.15, 0.2) is 23.8 Å². The summed E-state index contributed by atoms with van der Waals surface area (Å²) in [5.41, 5.74) is 4.31. The van der Waals surface area contributed by atoms with Gasteiger partial charge in [0.1, 0.15) is 6.61 Å². The summed E-state index contributed by atoms with van der Waals surface area (Å²) >= 11 is 1.71. The fourth-order valence-corrected chi connectivity index (χ4v) is 3.76. The standard InChI is InChI=1S/C17H24N4O2S/c1-13-16(24-12-18-13)9-20-7-14-5-4-6-21(14)15(8-20)10-23-11-17(22)19(2)3/h4-6,12,15H,7-11H2,1-3H3/t15-/m1/s1. The minimum Gasteiger partial charge on any atom is -0.369 e. The molecule has 0 unspecified atom stereocenters. The van der Waals surface area contributed by atoms with Gasteiger partial charge in [-0.25, -0.2) is 4.98 Å². The van der Waals surface area contributed by atoms with Gasteiger partial charge >= 0.3 is 0 Å². The number of hydrogen-bond donors (Lipinski definition) is 0. The minimum absolute atomic E-state index is 0.00400. The van der Waals surface area contributed by atoms with E-state index in [2.05, 4.69) is 39.7 Å². The molecule has 0 spiro atoms. The maximum Gasteiger partial charge on any atom is 0.248 e. The predicted molar refractivity (Wildman–Crippen MR) is 93.9 cm³/mol. The highest BCUT2D eigenvalue weighted by atomic mass is 32.1. The van der Waals surface area contributed by atoms with Crippen LogP contribution in [0, 0.1) is 6.92 Å². The van der Waals surface area contributed by atoms with Crippen LogP contribution in [0.25, 0.3) is 0 Å². The molecule has 130 valence electrons. The molecule has 0 aliphatic carbocycles. The average Bonchev–Trinajstić information content (AvgIpc) is 3.16. The van der Waals surface area contributed by atoms with Crippen molar-refractivity contribution in [3.63, 3.8) is 0 Å². The summed E-state index contributed by atoms with van der Waals surface area (Å²) in [4.78, 5) is 21.3. The van der Waals surface area contributed by atoms with Crippen LogP contribution in [0.2, 0.25) is 0 Å². The van der Waals surface area contributed by atoms with Gasteiger partial charge in [-0.2, -0.15) is 0 Å². The zero-order valence-corrected chi connectivity index (χ0v) is 15.3. The van der Waals surface area contributed by atoms with Crippen LogP contribution in [0.4, 0.5) is 0 Å². The molecule has 1 aliphatic heterocycles. The monoisotopic (exact) mass is 348 g/mol. The van der Waals surface area contributed by atoms with Crippen molar-refractivity contribution in [3.8, 4) is 0 Å². The molecule has 0 radical (unpaired) electrons. The van der Waals surface area contributed by atoms with Crippen LogP contribution in [-0.4, -0.2) is 59.1 Å². The molecule has 0 aromatic carbocycles. The lowest BCUT2D eigenvalue weighted by atomic mass is 10.2. The maximum atomic E-state index is 11.7. The zero-order valence-electron chi connectivity index (χ0n) is 14.4. The Morgan fingerprint density at radius 3 is 3.04 bits per heavy atom. The van der Waals surface area contributed by atoms with Gasteiger partial charge in [0, 0.05) is 50.5 Å². The lowest BCUT2D eigenvalue weighted by Crippen LogP contribution is -2.39. The Balaban J connectivity index is 1.63. The number of nitrogens with zero attached hydrogens (tertiary/aromatic N) is 4. The average molecular weight is 348 g/mol. The van der Waals surface area contributed by atoms with Gasteiger partial charge < -0.3 is 14.2 Å². The van der Waals surface area contributed by atoms with Gasteiger partial charge in [-0.05, 0) is 19.1 Å². The van der Waals surface area contributed by atoms with Crippen molar-refractivity contribution in [2.24, 2.45) is 0 Å². The normalized spacial score (nSPS) is 17.7. The van der Waals surface area contributed by atoms with Gasteiger partial charge in [0.15, 0.2) is 0 Å². The highest BCUT2D eigenvalue weighted by Gasteiger charge is 2.25. The first-order chi connectivity index (χ1) is 11.5. The summed E-state index contributed by atoms with van der Waals surface area (Å²) in [6.07, 6.45) is 2.10. The van der Waals surface area contributed by atoms with E-state index in [1.165, 1.54) is 10.6 Å². The van der Waals surface area contributed by atoms with E-state index >= 15 is 0 Å². The smallest absolute Gasteiger partial charge is 0.248 e. The van der Waals surface area contributed by atoms with Crippen LogP contribution in [-0.2, 0) is 22.6 Å². The number of aromatic nitrogens is 2. The molecule has 24 heavy (non-hydrogen) atoms. The second kappa shape index (κ2) is 7.46. The number of thiazole rings is 1. The van der Waals surface area contributed by atoms with Crippen molar-refractivity contribution >= 4 is 17.2 Å². The zero-order chi connectivity index (χ0) is 17.1. The molecule has 0 saturated carbocycles. The SMILES string of the molecule is Cc1ncsc1CN1Cc2cccn2[C@@H](COCC(=O)N(C)C)C1. The molecule has 2 aromatic heterocycles. The Morgan fingerprint density at radius 1 is 1.50 bits per heavy atom. The second-order valence-electron chi connectivity index (χ2n) is 6.39. The first-order valence-electron chi connectivity index (χ1n) is 8.09. The summed E-state index contributed by atoms with van der Waals surface area (Å²) in [5.74, 6) is -0.00400. The van der Waals surface area contributed by atoms with Gasteiger partial charge in [-0.15, -0.1) is 11.3 Å². The first kappa shape index (κ1) is 17.1. The van der Waals surface area contributed by atoms with E-state index in [-0.39, 0.29) is 18.6 Å². The van der Waals surface area contributed by atoms with E-state index in [1.807, 2.05) is 5.51 Å². The number of carbonyl (C=O) groups excluding carboxylic acids is 1. The van der Waals surface area contributed by atoms with Crippen LogP contribution >= 0.6 is 11.3 Å². The lowest BCUT2D eigenvalue weighted by Gasteiger charge is -2.34. The molecule has 0 bridgehead atoms. The number of ether oxygens (including phenoxy) is 1. The van der Waals surface area contributed by atoms with E-state index in [1.54, 1.807) is 30.3 Å². The predicted octanol–water partition coefficient (Wildman–Crippen LogP) is 1.91. The van der Waals surface area contributed by atoms with Gasteiger partial charge in [-0.1, -0.05) is 0 Å². The Bertz CT molecular complexity index is 694. The molecule has 0 saturated heterocycles. The highest BCUT2D eigenvalue weighted by Crippen LogP contribution is 2.25.